The lowest BCUT2D eigenvalue weighted by Gasteiger charge is -2.30. The van der Waals surface area contributed by atoms with Gasteiger partial charge in [-0.15, -0.1) is 0 Å². The third kappa shape index (κ3) is 4.25. The Morgan fingerprint density at radius 3 is 2.33 bits per heavy atom. The third-order valence-corrected chi connectivity index (χ3v) is 5.92. The van der Waals surface area contributed by atoms with E-state index in [1.165, 1.54) is 12.8 Å². The molecule has 1 saturated carbocycles. The lowest BCUT2D eigenvalue weighted by molar-refractivity contribution is 0.0975. The van der Waals surface area contributed by atoms with Crippen molar-refractivity contribution in [1.29, 1.82) is 0 Å². The summed E-state index contributed by atoms with van der Waals surface area (Å²) in [5, 5.41) is 4.53. The largest absolute Gasteiger partial charge is 0.497 e. The highest BCUT2D eigenvalue weighted by molar-refractivity contribution is 6.06. The van der Waals surface area contributed by atoms with E-state index >= 15 is 0 Å². The van der Waals surface area contributed by atoms with Crippen LogP contribution < -0.4 is 9.64 Å². The summed E-state index contributed by atoms with van der Waals surface area (Å²) in [6.07, 6.45) is 2.37. The molecule has 1 heterocycles. The zero-order valence-electron chi connectivity index (χ0n) is 18.1. The molecule has 0 radical (unpaired) electrons. The summed E-state index contributed by atoms with van der Waals surface area (Å²) in [4.78, 5) is 15.4. The summed E-state index contributed by atoms with van der Waals surface area (Å²) in [5.74, 6) is 1.40. The van der Waals surface area contributed by atoms with Crippen molar-refractivity contribution >= 4 is 11.6 Å². The highest BCUT2D eigenvalue weighted by atomic mass is 16.5. The van der Waals surface area contributed by atoms with E-state index in [0.29, 0.717) is 18.0 Å². The fourth-order valence-corrected chi connectivity index (χ4v) is 3.97. The quantitative estimate of drug-likeness (QED) is 0.558. The molecule has 3 aromatic rings. The van der Waals surface area contributed by atoms with Gasteiger partial charge in [-0.05, 0) is 87.6 Å². The van der Waals surface area contributed by atoms with E-state index in [2.05, 4.69) is 25.0 Å². The molecule has 1 aromatic heterocycles. The summed E-state index contributed by atoms with van der Waals surface area (Å²) in [6.45, 7) is 6.91. The van der Waals surface area contributed by atoms with Gasteiger partial charge in [0.05, 0.1) is 19.3 Å². The van der Waals surface area contributed by atoms with Gasteiger partial charge in [-0.1, -0.05) is 12.1 Å². The van der Waals surface area contributed by atoms with Gasteiger partial charge in [0.15, 0.2) is 0 Å². The van der Waals surface area contributed by atoms with Crippen molar-refractivity contribution < 1.29 is 9.53 Å². The van der Waals surface area contributed by atoms with Gasteiger partial charge < -0.3 is 9.64 Å². The van der Waals surface area contributed by atoms with Crippen molar-refractivity contribution in [2.75, 3.05) is 12.0 Å². The van der Waals surface area contributed by atoms with Gasteiger partial charge in [-0.2, -0.15) is 5.10 Å². The van der Waals surface area contributed by atoms with Crippen LogP contribution in [0, 0.1) is 19.8 Å². The van der Waals surface area contributed by atoms with Crippen molar-refractivity contribution in [2.24, 2.45) is 5.92 Å². The number of rotatable bonds is 7. The van der Waals surface area contributed by atoms with E-state index in [-0.39, 0.29) is 11.9 Å². The van der Waals surface area contributed by atoms with Gasteiger partial charge in [0, 0.05) is 23.0 Å². The maximum Gasteiger partial charge on any atom is 0.258 e. The van der Waals surface area contributed by atoms with Gasteiger partial charge in [0.1, 0.15) is 5.75 Å². The highest BCUT2D eigenvalue weighted by Crippen LogP contribution is 2.38. The van der Waals surface area contributed by atoms with Crippen LogP contribution >= 0.6 is 0 Å². The number of amides is 1. The van der Waals surface area contributed by atoms with Gasteiger partial charge in [-0.3, -0.25) is 9.48 Å². The van der Waals surface area contributed by atoms with Crippen LogP contribution in [0.15, 0.2) is 54.6 Å². The second kappa shape index (κ2) is 8.34. The average Bonchev–Trinajstić information content (AvgIpc) is 3.55. The number of hydrogen-bond donors (Lipinski definition) is 0. The van der Waals surface area contributed by atoms with Crippen molar-refractivity contribution in [3.05, 3.63) is 77.1 Å². The number of ether oxygens (including phenoxy) is 1. The lowest BCUT2D eigenvalue weighted by Crippen LogP contribution is -2.40. The molecule has 5 heteroatoms. The molecule has 1 amide bonds. The number of nitrogens with zero attached hydrogens (tertiary/aromatic N) is 3. The number of benzene rings is 2. The second-order valence-electron chi connectivity index (χ2n) is 8.23. The van der Waals surface area contributed by atoms with Crippen molar-refractivity contribution in [1.82, 2.24) is 9.78 Å². The fourth-order valence-electron chi connectivity index (χ4n) is 3.97. The Hall–Kier alpha value is -3.08. The zero-order valence-corrected chi connectivity index (χ0v) is 18.1. The third-order valence-electron chi connectivity index (χ3n) is 5.92. The molecule has 0 bridgehead atoms. The molecule has 0 unspecified atom stereocenters. The normalized spacial score (nSPS) is 14.4. The van der Waals surface area contributed by atoms with E-state index in [1.54, 1.807) is 7.11 Å². The molecule has 30 heavy (non-hydrogen) atoms. The van der Waals surface area contributed by atoms with Gasteiger partial charge >= 0.3 is 0 Å². The molecule has 0 saturated heterocycles. The molecular formula is C25H29N3O2. The van der Waals surface area contributed by atoms with Crippen LogP contribution in [0.4, 0.5) is 5.69 Å². The zero-order chi connectivity index (χ0) is 21.3. The maximum absolute atomic E-state index is 13.5. The van der Waals surface area contributed by atoms with Crippen LogP contribution in [0.3, 0.4) is 0 Å². The van der Waals surface area contributed by atoms with Crippen LogP contribution in [0.5, 0.6) is 5.75 Å². The molecule has 1 aliphatic carbocycles. The van der Waals surface area contributed by atoms with E-state index in [0.717, 1.165) is 28.4 Å². The predicted octanol–water partition coefficient (Wildman–Crippen LogP) is 5.00. The molecule has 1 aliphatic rings. The van der Waals surface area contributed by atoms with Gasteiger partial charge in [0.25, 0.3) is 5.91 Å². The summed E-state index contributed by atoms with van der Waals surface area (Å²) in [5.41, 5.74) is 4.89. The molecule has 1 fully saturated rings. The monoisotopic (exact) mass is 403 g/mol. The van der Waals surface area contributed by atoms with E-state index < -0.39 is 0 Å². The maximum atomic E-state index is 13.5. The highest BCUT2D eigenvalue weighted by Gasteiger charge is 2.35. The smallest absolute Gasteiger partial charge is 0.258 e. The summed E-state index contributed by atoms with van der Waals surface area (Å²) < 4.78 is 7.27. The Morgan fingerprint density at radius 2 is 1.80 bits per heavy atom. The number of carbonyl (C=O) groups is 1. The topological polar surface area (TPSA) is 47.4 Å². The summed E-state index contributed by atoms with van der Waals surface area (Å²) >= 11 is 0. The first-order valence-electron chi connectivity index (χ1n) is 10.5. The number of carbonyl (C=O) groups excluding carboxylic acids is 1. The molecule has 2 aromatic carbocycles. The van der Waals surface area contributed by atoms with Crippen LogP contribution in [-0.2, 0) is 6.54 Å². The van der Waals surface area contributed by atoms with Gasteiger partial charge in [-0.25, -0.2) is 0 Å². The molecule has 5 nitrogen and oxygen atoms in total. The predicted molar refractivity (Wildman–Crippen MR) is 119 cm³/mol. The molecule has 0 aliphatic heterocycles. The molecule has 0 N–H and O–H groups in total. The standard InChI is InChI=1S/C25H29N3O2/c1-17-15-18(2)27(26-17)16-20-5-7-22(8-6-20)25(29)28(19(3)21-9-10-21)23-11-13-24(30-4)14-12-23/h5-8,11-15,19,21H,9-10,16H2,1-4H3/t19-/m1/s1. The average molecular weight is 404 g/mol. The first kappa shape index (κ1) is 20.2. The Balaban J connectivity index is 1.56. The van der Waals surface area contributed by atoms with E-state index in [4.69, 9.17) is 4.74 Å². The molecule has 1 atom stereocenters. The van der Waals surface area contributed by atoms with E-state index in [9.17, 15) is 4.79 Å². The van der Waals surface area contributed by atoms with Crippen LogP contribution in [0.25, 0.3) is 0 Å². The Kier molecular flexibility index (Phi) is 5.62. The van der Waals surface area contributed by atoms with Gasteiger partial charge in [0.2, 0.25) is 0 Å². The molecular weight excluding hydrogens is 374 g/mol. The molecule has 0 spiro atoms. The Bertz CT molecular complexity index is 1020. The number of methoxy groups -OCH3 is 1. The minimum Gasteiger partial charge on any atom is -0.497 e. The van der Waals surface area contributed by atoms with Crippen LogP contribution in [-0.4, -0.2) is 28.8 Å². The minimum atomic E-state index is 0.0391. The Morgan fingerprint density at radius 1 is 1.13 bits per heavy atom. The first-order valence-corrected chi connectivity index (χ1v) is 10.5. The van der Waals surface area contributed by atoms with Crippen molar-refractivity contribution in [2.45, 2.75) is 46.2 Å². The first-order chi connectivity index (χ1) is 14.5. The SMILES string of the molecule is COc1ccc(N(C(=O)c2ccc(Cn3nc(C)cc3C)cc2)[C@H](C)C2CC2)cc1. The second-order valence-corrected chi connectivity index (χ2v) is 8.23. The lowest BCUT2D eigenvalue weighted by atomic mass is 10.1. The fraction of sp³-hybridized carbons (Fsp3) is 0.360. The summed E-state index contributed by atoms with van der Waals surface area (Å²) in [6, 6.07) is 17.9. The Labute approximate surface area is 178 Å². The van der Waals surface area contributed by atoms with Crippen LogP contribution in [0.2, 0.25) is 0 Å². The number of anilines is 1. The van der Waals surface area contributed by atoms with Crippen LogP contribution in [0.1, 0.15) is 47.1 Å². The number of aromatic nitrogens is 2. The minimum absolute atomic E-state index is 0.0391. The molecule has 156 valence electrons. The number of aryl methyl sites for hydroxylation is 2. The van der Waals surface area contributed by atoms with Crippen molar-refractivity contribution in [3.63, 3.8) is 0 Å². The van der Waals surface area contributed by atoms with Crippen molar-refractivity contribution in [3.8, 4) is 5.75 Å². The summed E-state index contributed by atoms with van der Waals surface area (Å²) in [7, 11) is 1.65. The van der Waals surface area contributed by atoms with E-state index in [1.807, 2.05) is 65.0 Å². The molecule has 4 rings (SSSR count). The number of hydrogen-bond acceptors (Lipinski definition) is 3.